The van der Waals surface area contributed by atoms with Crippen LogP contribution in [0.1, 0.15) is 17.9 Å². The molecular formula is C22H22ClN3O5. The lowest BCUT2D eigenvalue weighted by atomic mass is 10.2. The lowest BCUT2D eigenvalue weighted by molar-refractivity contribution is -0.148. The van der Waals surface area contributed by atoms with Crippen molar-refractivity contribution in [2.45, 2.75) is 19.8 Å². The zero-order valence-corrected chi connectivity index (χ0v) is 17.7. The second-order valence-electron chi connectivity index (χ2n) is 6.69. The fourth-order valence-corrected chi connectivity index (χ4v) is 2.74. The maximum absolute atomic E-state index is 11.9. The van der Waals surface area contributed by atoms with Crippen LogP contribution in [-0.2, 0) is 20.7 Å². The second kappa shape index (κ2) is 11.1. The number of hydrogen-bond donors (Lipinski definition) is 1. The average molecular weight is 444 g/mol. The van der Waals surface area contributed by atoms with Crippen LogP contribution in [0.2, 0.25) is 5.02 Å². The molecule has 162 valence electrons. The molecule has 9 heteroatoms. The fraction of sp³-hybridized carbons (Fsp3) is 0.273. The molecular weight excluding hydrogens is 422 g/mol. The summed E-state index contributed by atoms with van der Waals surface area (Å²) in [7, 11) is 0. The van der Waals surface area contributed by atoms with Crippen LogP contribution in [0.4, 0.5) is 0 Å². The maximum Gasteiger partial charge on any atom is 0.306 e. The molecule has 0 bridgehead atoms. The van der Waals surface area contributed by atoms with Crippen LogP contribution in [0.3, 0.4) is 0 Å². The number of ether oxygens (including phenoxy) is 2. The first-order valence-electron chi connectivity index (χ1n) is 9.70. The molecule has 2 aromatic carbocycles. The number of nitrogens with one attached hydrogen (secondary N) is 1. The molecule has 0 fully saturated rings. The van der Waals surface area contributed by atoms with E-state index in [0.29, 0.717) is 29.9 Å². The summed E-state index contributed by atoms with van der Waals surface area (Å²) < 4.78 is 15.6. The van der Waals surface area contributed by atoms with Gasteiger partial charge in [0.1, 0.15) is 12.4 Å². The molecule has 0 aliphatic rings. The van der Waals surface area contributed by atoms with Gasteiger partial charge >= 0.3 is 5.97 Å². The Kier molecular flexibility index (Phi) is 8.00. The number of esters is 1. The first-order chi connectivity index (χ1) is 15.0. The van der Waals surface area contributed by atoms with Gasteiger partial charge in [-0.15, -0.1) is 0 Å². The van der Waals surface area contributed by atoms with E-state index in [2.05, 4.69) is 15.5 Å². The maximum atomic E-state index is 11.9. The summed E-state index contributed by atoms with van der Waals surface area (Å²) in [6, 6.07) is 14.6. The number of carbonyl (C=O) groups excluding carboxylic acids is 2. The predicted octanol–water partition coefficient (Wildman–Crippen LogP) is 3.37. The van der Waals surface area contributed by atoms with Crippen molar-refractivity contribution in [3.05, 3.63) is 65.0 Å². The first kappa shape index (κ1) is 22.3. The van der Waals surface area contributed by atoms with Crippen LogP contribution in [0.15, 0.2) is 53.1 Å². The van der Waals surface area contributed by atoms with Gasteiger partial charge in [0.15, 0.2) is 6.61 Å². The Bertz CT molecular complexity index is 1020. The van der Waals surface area contributed by atoms with Crippen molar-refractivity contribution in [1.29, 1.82) is 0 Å². The molecule has 0 aliphatic heterocycles. The molecule has 0 aliphatic carbocycles. The Morgan fingerprint density at radius 2 is 1.97 bits per heavy atom. The van der Waals surface area contributed by atoms with Gasteiger partial charge in [0.05, 0.1) is 13.0 Å². The average Bonchev–Trinajstić information content (AvgIpc) is 3.23. The van der Waals surface area contributed by atoms with E-state index in [-0.39, 0.29) is 19.4 Å². The highest BCUT2D eigenvalue weighted by Crippen LogP contribution is 2.19. The van der Waals surface area contributed by atoms with Crippen molar-refractivity contribution < 1.29 is 23.6 Å². The monoisotopic (exact) mass is 443 g/mol. The van der Waals surface area contributed by atoms with E-state index in [0.717, 1.165) is 16.9 Å². The summed E-state index contributed by atoms with van der Waals surface area (Å²) in [6.45, 7) is 2.24. The van der Waals surface area contributed by atoms with Crippen LogP contribution < -0.4 is 10.1 Å². The van der Waals surface area contributed by atoms with Gasteiger partial charge in [-0.3, -0.25) is 9.59 Å². The highest BCUT2D eigenvalue weighted by molar-refractivity contribution is 6.30. The summed E-state index contributed by atoms with van der Waals surface area (Å²) in [6.07, 6.45) is 0.234. The van der Waals surface area contributed by atoms with E-state index in [4.69, 9.17) is 25.6 Å². The Morgan fingerprint density at radius 3 is 2.74 bits per heavy atom. The third kappa shape index (κ3) is 7.42. The highest BCUT2D eigenvalue weighted by atomic mass is 35.5. The number of aromatic nitrogens is 2. The number of rotatable bonds is 10. The number of halogens is 1. The summed E-state index contributed by atoms with van der Waals surface area (Å²) in [5.74, 6) is 0.522. The normalized spacial score (nSPS) is 10.5. The van der Waals surface area contributed by atoms with E-state index < -0.39 is 11.9 Å². The van der Waals surface area contributed by atoms with Crippen LogP contribution in [0.5, 0.6) is 5.75 Å². The van der Waals surface area contributed by atoms with Crippen molar-refractivity contribution >= 4 is 23.5 Å². The number of amides is 1. The minimum atomic E-state index is -0.530. The van der Waals surface area contributed by atoms with E-state index >= 15 is 0 Å². The van der Waals surface area contributed by atoms with Crippen molar-refractivity contribution in [3.63, 3.8) is 0 Å². The zero-order valence-electron chi connectivity index (χ0n) is 17.0. The molecule has 31 heavy (non-hydrogen) atoms. The standard InChI is InChI=1S/C22H22ClN3O5/c1-15-3-2-4-18(13-15)29-12-11-24-19(27)14-30-21(28)10-9-20-25-22(26-31-20)16-5-7-17(23)8-6-16/h2-8,13H,9-12,14H2,1H3,(H,24,27). The van der Waals surface area contributed by atoms with Crippen LogP contribution in [0.25, 0.3) is 11.4 Å². The minimum Gasteiger partial charge on any atom is -0.492 e. The zero-order chi connectivity index (χ0) is 22.1. The van der Waals surface area contributed by atoms with Crippen molar-refractivity contribution in [2.24, 2.45) is 0 Å². The SMILES string of the molecule is Cc1cccc(OCCNC(=O)COC(=O)CCc2nc(-c3ccc(Cl)cc3)no2)c1. The molecule has 3 aromatic rings. The molecule has 1 aromatic heterocycles. The molecule has 3 rings (SSSR count). The second-order valence-corrected chi connectivity index (χ2v) is 7.13. The number of hydrogen-bond acceptors (Lipinski definition) is 7. The van der Waals surface area contributed by atoms with Gasteiger partial charge in [-0.25, -0.2) is 0 Å². The van der Waals surface area contributed by atoms with Crippen LogP contribution in [0, 0.1) is 6.92 Å². The number of aryl methyl sites for hydroxylation is 2. The van der Waals surface area contributed by atoms with Gasteiger partial charge in [0.2, 0.25) is 11.7 Å². The van der Waals surface area contributed by atoms with Gasteiger partial charge in [-0.05, 0) is 48.9 Å². The van der Waals surface area contributed by atoms with Gasteiger partial charge in [0, 0.05) is 17.0 Å². The van der Waals surface area contributed by atoms with Crippen LogP contribution in [-0.4, -0.2) is 41.8 Å². The number of nitrogens with zero attached hydrogens (tertiary/aromatic N) is 2. The third-order valence-electron chi connectivity index (χ3n) is 4.16. The van der Waals surface area contributed by atoms with Crippen molar-refractivity contribution in [1.82, 2.24) is 15.5 Å². The summed E-state index contributed by atoms with van der Waals surface area (Å²) >= 11 is 5.86. The van der Waals surface area contributed by atoms with Crippen LogP contribution >= 0.6 is 11.6 Å². The molecule has 0 radical (unpaired) electrons. The molecule has 8 nitrogen and oxygen atoms in total. The predicted molar refractivity (Wildman–Crippen MR) is 114 cm³/mol. The molecule has 0 saturated carbocycles. The van der Waals surface area contributed by atoms with E-state index in [1.165, 1.54) is 0 Å². The molecule has 0 atom stereocenters. The largest absolute Gasteiger partial charge is 0.492 e. The molecule has 0 unspecified atom stereocenters. The van der Waals surface area contributed by atoms with E-state index in [9.17, 15) is 9.59 Å². The van der Waals surface area contributed by atoms with Gasteiger partial charge in [-0.1, -0.05) is 28.9 Å². The van der Waals surface area contributed by atoms with Gasteiger partial charge in [0.25, 0.3) is 5.91 Å². The third-order valence-corrected chi connectivity index (χ3v) is 4.41. The lowest BCUT2D eigenvalue weighted by Gasteiger charge is -2.08. The Morgan fingerprint density at radius 1 is 1.16 bits per heavy atom. The summed E-state index contributed by atoms with van der Waals surface area (Å²) in [4.78, 5) is 27.9. The summed E-state index contributed by atoms with van der Waals surface area (Å²) in [5, 5.41) is 7.12. The van der Waals surface area contributed by atoms with Gasteiger partial charge in [-0.2, -0.15) is 4.98 Å². The Labute approximate surface area is 184 Å². The lowest BCUT2D eigenvalue weighted by Crippen LogP contribution is -2.32. The van der Waals surface area contributed by atoms with Gasteiger partial charge < -0.3 is 19.3 Å². The smallest absolute Gasteiger partial charge is 0.306 e. The summed E-state index contributed by atoms with van der Waals surface area (Å²) in [5.41, 5.74) is 1.85. The van der Waals surface area contributed by atoms with E-state index in [1.54, 1.807) is 24.3 Å². The van der Waals surface area contributed by atoms with Crippen molar-refractivity contribution in [3.8, 4) is 17.1 Å². The molecule has 0 saturated heterocycles. The minimum absolute atomic E-state index is 0.0198. The quantitative estimate of drug-likeness (QED) is 0.378. The topological polar surface area (TPSA) is 104 Å². The molecule has 0 spiro atoms. The molecule has 1 heterocycles. The Hall–Kier alpha value is -3.39. The highest BCUT2D eigenvalue weighted by Gasteiger charge is 2.12. The Balaban J connectivity index is 1.31. The first-order valence-corrected chi connectivity index (χ1v) is 10.1. The van der Waals surface area contributed by atoms with E-state index in [1.807, 2.05) is 31.2 Å². The number of carbonyl (C=O) groups is 2. The van der Waals surface area contributed by atoms with Crippen molar-refractivity contribution in [2.75, 3.05) is 19.8 Å². The fourth-order valence-electron chi connectivity index (χ4n) is 2.62. The molecule has 1 amide bonds. The molecule has 1 N–H and O–H groups in total. The number of benzene rings is 2.